The Morgan fingerprint density at radius 3 is 2.43 bits per heavy atom. The van der Waals surface area contributed by atoms with Gasteiger partial charge in [0.1, 0.15) is 0 Å². The van der Waals surface area contributed by atoms with Gasteiger partial charge in [0.25, 0.3) is 0 Å². The van der Waals surface area contributed by atoms with Crippen LogP contribution < -0.4 is 20.1 Å². The average Bonchev–Trinajstić information content (AvgIpc) is 2.65. The van der Waals surface area contributed by atoms with Crippen molar-refractivity contribution in [2.24, 2.45) is 5.92 Å². The Morgan fingerprint density at radius 1 is 1.07 bits per heavy atom. The Bertz CT molecular complexity index is 763. The van der Waals surface area contributed by atoms with E-state index >= 15 is 0 Å². The van der Waals surface area contributed by atoms with Crippen LogP contribution in [0.5, 0.6) is 11.5 Å². The van der Waals surface area contributed by atoms with Gasteiger partial charge in [0, 0.05) is 16.2 Å². The molecular formula is C22H29BrN2O3. The zero-order valence-electron chi connectivity index (χ0n) is 16.9. The zero-order valence-corrected chi connectivity index (χ0v) is 18.5. The number of methoxy groups -OCH3 is 1. The topological polar surface area (TPSA) is 59.6 Å². The number of rotatable bonds is 9. The van der Waals surface area contributed by atoms with Gasteiger partial charge in [-0.25, -0.2) is 4.79 Å². The van der Waals surface area contributed by atoms with Gasteiger partial charge in [-0.15, -0.1) is 0 Å². The number of carbonyl (C=O) groups excluding carboxylic acids is 1. The highest BCUT2D eigenvalue weighted by atomic mass is 79.9. The number of carbonyl (C=O) groups is 1. The summed E-state index contributed by atoms with van der Waals surface area (Å²) in [7, 11) is 1.61. The molecule has 0 aromatic heterocycles. The van der Waals surface area contributed by atoms with Crippen molar-refractivity contribution in [3.05, 3.63) is 52.5 Å². The van der Waals surface area contributed by atoms with Crippen LogP contribution in [0.2, 0.25) is 0 Å². The molecule has 0 fully saturated rings. The zero-order chi connectivity index (χ0) is 20.5. The largest absolute Gasteiger partial charge is 0.493 e. The fourth-order valence-electron chi connectivity index (χ4n) is 2.74. The third-order valence-corrected chi connectivity index (χ3v) is 4.85. The van der Waals surface area contributed by atoms with Gasteiger partial charge in [0.2, 0.25) is 0 Å². The molecule has 152 valence electrons. The van der Waals surface area contributed by atoms with E-state index in [-0.39, 0.29) is 12.1 Å². The molecule has 0 spiro atoms. The second-order valence-corrected chi connectivity index (χ2v) is 8.04. The second-order valence-electron chi connectivity index (χ2n) is 7.12. The highest BCUT2D eigenvalue weighted by molar-refractivity contribution is 9.10. The Morgan fingerprint density at radius 2 is 1.79 bits per heavy atom. The molecule has 2 amide bonds. The van der Waals surface area contributed by atoms with Crippen LogP contribution in [-0.4, -0.2) is 19.7 Å². The predicted octanol–water partition coefficient (Wildman–Crippen LogP) is 6.16. The molecule has 0 aliphatic heterocycles. The lowest BCUT2D eigenvalue weighted by atomic mass is 10.1. The normalized spacial score (nSPS) is 11.8. The number of benzene rings is 2. The fraction of sp³-hybridized carbons (Fsp3) is 0.409. The van der Waals surface area contributed by atoms with Gasteiger partial charge in [-0.2, -0.15) is 0 Å². The fourth-order valence-corrected chi connectivity index (χ4v) is 3.00. The van der Waals surface area contributed by atoms with E-state index in [0.29, 0.717) is 29.7 Å². The quantitative estimate of drug-likeness (QED) is 0.451. The van der Waals surface area contributed by atoms with Crippen molar-refractivity contribution < 1.29 is 14.3 Å². The average molecular weight is 449 g/mol. The standard InChI is InChI=1S/C22H29BrN2O3/c1-15(2)6-5-13-28-21-14-19(11-12-20(21)27-4)25-22(26)24-16(3)17-7-9-18(23)10-8-17/h7-12,14-16H,5-6,13H2,1-4H3,(H2,24,25,26)/t16-/m0/s1. The van der Waals surface area contributed by atoms with Crippen molar-refractivity contribution in [2.45, 2.75) is 39.7 Å². The summed E-state index contributed by atoms with van der Waals surface area (Å²) < 4.78 is 12.2. The minimum Gasteiger partial charge on any atom is -0.493 e. The van der Waals surface area contributed by atoms with Crippen molar-refractivity contribution in [3.8, 4) is 11.5 Å². The molecule has 0 unspecified atom stereocenters. The van der Waals surface area contributed by atoms with E-state index in [9.17, 15) is 4.79 Å². The third kappa shape index (κ3) is 7.08. The molecule has 6 heteroatoms. The molecule has 1 atom stereocenters. The van der Waals surface area contributed by atoms with Crippen molar-refractivity contribution in [1.29, 1.82) is 0 Å². The molecule has 0 radical (unpaired) electrons. The molecule has 0 saturated carbocycles. The highest BCUT2D eigenvalue weighted by Crippen LogP contribution is 2.30. The van der Waals surface area contributed by atoms with Crippen LogP contribution in [0.25, 0.3) is 0 Å². The van der Waals surface area contributed by atoms with Crippen LogP contribution in [0.3, 0.4) is 0 Å². The van der Waals surface area contributed by atoms with Gasteiger partial charge in [-0.3, -0.25) is 0 Å². The highest BCUT2D eigenvalue weighted by Gasteiger charge is 2.12. The van der Waals surface area contributed by atoms with Crippen LogP contribution >= 0.6 is 15.9 Å². The maximum absolute atomic E-state index is 12.4. The Hall–Kier alpha value is -2.21. The van der Waals surface area contributed by atoms with Crippen molar-refractivity contribution >= 4 is 27.6 Å². The molecule has 5 nitrogen and oxygen atoms in total. The van der Waals surface area contributed by atoms with Crippen molar-refractivity contribution in [3.63, 3.8) is 0 Å². The number of anilines is 1. The number of ether oxygens (including phenoxy) is 2. The van der Waals surface area contributed by atoms with Gasteiger partial charge in [-0.1, -0.05) is 41.9 Å². The summed E-state index contributed by atoms with van der Waals surface area (Å²) in [6.45, 7) is 6.95. The summed E-state index contributed by atoms with van der Waals surface area (Å²) >= 11 is 3.42. The third-order valence-electron chi connectivity index (χ3n) is 4.32. The molecule has 0 bridgehead atoms. The lowest BCUT2D eigenvalue weighted by Gasteiger charge is -2.16. The summed E-state index contributed by atoms with van der Waals surface area (Å²) in [5, 5.41) is 5.80. The number of nitrogens with one attached hydrogen (secondary N) is 2. The summed E-state index contributed by atoms with van der Waals surface area (Å²) in [4.78, 5) is 12.4. The first-order valence-corrected chi connectivity index (χ1v) is 10.3. The summed E-state index contributed by atoms with van der Waals surface area (Å²) in [6.07, 6.45) is 2.08. The number of amides is 2. The Labute approximate surface area is 175 Å². The summed E-state index contributed by atoms with van der Waals surface area (Å²) in [5.74, 6) is 1.93. The van der Waals surface area contributed by atoms with E-state index in [0.717, 1.165) is 22.9 Å². The van der Waals surface area contributed by atoms with E-state index in [1.54, 1.807) is 25.3 Å². The van der Waals surface area contributed by atoms with Gasteiger partial charge in [0.05, 0.1) is 19.8 Å². The molecule has 0 aliphatic carbocycles. The Balaban J connectivity index is 1.95. The molecule has 0 heterocycles. The number of hydrogen-bond donors (Lipinski definition) is 2. The van der Waals surface area contributed by atoms with E-state index in [4.69, 9.17) is 9.47 Å². The first-order valence-electron chi connectivity index (χ1n) is 9.53. The Kier molecular flexibility index (Phi) is 8.64. The first kappa shape index (κ1) is 22.1. The predicted molar refractivity (Wildman–Crippen MR) is 117 cm³/mol. The minimum absolute atomic E-state index is 0.113. The second kappa shape index (κ2) is 11.0. The SMILES string of the molecule is COc1ccc(NC(=O)N[C@@H](C)c2ccc(Br)cc2)cc1OCCCC(C)C. The van der Waals surface area contributed by atoms with Crippen molar-refractivity contribution in [1.82, 2.24) is 5.32 Å². The molecular weight excluding hydrogens is 420 g/mol. The van der Waals surface area contributed by atoms with E-state index in [1.165, 1.54) is 0 Å². The van der Waals surface area contributed by atoms with Crippen LogP contribution in [0, 0.1) is 5.92 Å². The lowest BCUT2D eigenvalue weighted by molar-refractivity contribution is 0.249. The van der Waals surface area contributed by atoms with Gasteiger partial charge in [-0.05, 0) is 55.5 Å². The monoisotopic (exact) mass is 448 g/mol. The molecule has 0 aliphatic rings. The van der Waals surface area contributed by atoms with Gasteiger partial charge >= 0.3 is 6.03 Å². The first-order chi connectivity index (χ1) is 13.4. The summed E-state index contributed by atoms with van der Waals surface area (Å²) in [6, 6.07) is 12.9. The van der Waals surface area contributed by atoms with E-state index in [2.05, 4.69) is 40.4 Å². The van der Waals surface area contributed by atoms with Crippen LogP contribution in [0.15, 0.2) is 46.9 Å². The maximum atomic E-state index is 12.4. The molecule has 2 aromatic rings. The molecule has 2 rings (SSSR count). The number of hydrogen-bond acceptors (Lipinski definition) is 3. The van der Waals surface area contributed by atoms with Gasteiger partial charge in [0.15, 0.2) is 11.5 Å². The molecule has 0 saturated heterocycles. The maximum Gasteiger partial charge on any atom is 0.319 e. The number of halogens is 1. The van der Waals surface area contributed by atoms with Gasteiger partial charge < -0.3 is 20.1 Å². The lowest BCUT2D eigenvalue weighted by Crippen LogP contribution is -2.31. The molecule has 28 heavy (non-hydrogen) atoms. The number of urea groups is 1. The summed E-state index contributed by atoms with van der Waals surface area (Å²) in [5.41, 5.74) is 1.68. The van der Waals surface area contributed by atoms with E-state index < -0.39 is 0 Å². The minimum atomic E-state index is -0.272. The smallest absolute Gasteiger partial charge is 0.319 e. The van der Waals surface area contributed by atoms with Crippen LogP contribution in [0.1, 0.15) is 45.2 Å². The van der Waals surface area contributed by atoms with Crippen molar-refractivity contribution in [2.75, 3.05) is 19.0 Å². The molecule has 2 aromatic carbocycles. The van der Waals surface area contributed by atoms with Crippen LogP contribution in [-0.2, 0) is 0 Å². The van der Waals surface area contributed by atoms with E-state index in [1.807, 2.05) is 31.2 Å². The molecule has 2 N–H and O–H groups in total. The van der Waals surface area contributed by atoms with Crippen LogP contribution in [0.4, 0.5) is 10.5 Å².